The minimum Gasteiger partial charge on any atom is -0.494 e. The van der Waals surface area contributed by atoms with Crippen LogP contribution in [0, 0.1) is 6.92 Å². The number of amides is 1. The Labute approximate surface area is 150 Å². The largest absolute Gasteiger partial charge is 0.494 e. The molecule has 25 heavy (non-hydrogen) atoms. The highest BCUT2D eigenvalue weighted by Crippen LogP contribution is 2.19. The number of hydrogen-bond acceptors (Lipinski definition) is 4. The number of rotatable bonds is 8. The lowest BCUT2D eigenvalue weighted by molar-refractivity contribution is -0.136. The third kappa shape index (κ3) is 5.26. The zero-order valence-corrected chi connectivity index (χ0v) is 14.9. The summed E-state index contributed by atoms with van der Waals surface area (Å²) in [6.07, 6.45) is 1.72. The molecule has 7 heteroatoms. The van der Waals surface area contributed by atoms with Crippen molar-refractivity contribution in [3.63, 3.8) is 0 Å². The van der Waals surface area contributed by atoms with Crippen molar-refractivity contribution in [2.45, 2.75) is 19.8 Å². The summed E-state index contributed by atoms with van der Waals surface area (Å²) in [5.41, 5.74) is 0.953. The van der Waals surface area contributed by atoms with Crippen molar-refractivity contribution in [2.75, 3.05) is 20.2 Å². The SMILES string of the molecule is Cc1coc(CC(=O)O)c1C(=O)N(C)CCCOc1ccc(Cl)cc1. The first-order valence-corrected chi connectivity index (χ1v) is 8.19. The van der Waals surface area contributed by atoms with Crippen molar-refractivity contribution in [3.8, 4) is 5.75 Å². The molecule has 0 bridgehead atoms. The molecule has 0 radical (unpaired) electrons. The number of carboxylic acids is 1. The zero-order chi connectivity index (χ0) is 18.4. The van der Waals surface area contributed by atoms with E-state index in [2.05, 4.69) is 0 Å². The smallest absolute Gasteiger partial charge is 0.311 e. The van der Waals surface area contributed by atoms with Gasteiger partial charge in [0.25, 0.3) is 5.91 Å². The maximum atomic E-state index is 12.5. The number of hydrogen-bond donors (Lipinski definition) is 1. The highest BCUT2D eigenvalue weighted by atomic mass is 35.5. The molecule has 1 amide bonds. The molecule has 0 aliphatic rings. The quantitative estimate of drug-likeness (QED) is 0.725. The molecule has 0 unspecified atom stereocenters. The van der Waals surface area contributed by atoms with Crippen molar-refractivity contribution < 1.29 is 23.8 Å². The molecule has 134 valence electrons. The summed E-state index contributed by atoms with van der Waals surface area (Å²) in [5.74, 6) is -0.400. The third-order valence-corrected chi connectivity index (χ3v) is 3.90. The van der Waals surface area contributed by atoms with Gasteiger partial charge in [0.15, 0.2) is 0 Å². The second-order valence-corrected chi connectivity index (χ2v) is 6.11. The summed E-state index contributed by atoms with van der Waals surface area (Å²) < 4.78 is 10.8. The Morgan fingerprint density at radius 2 is 1.96 bits per heavy atom. The molecule has 0 aliphatic carbocycles. The first-order valence-electron chi connectivity index (χ1n) is 7.81. The van der Waals surface area contributed by atoms with E-state index in [1.54, 1.807) is 38.2 Å². The molecule has 0 saturated heterocycles. The molecular weight excluding hydrogens is 346 g/mol. The normalized spacial score (nSPS) is 10.5. The van der Waals surface area contributed by atoms with Crippen molar-refractivity contribution >= 4 is 23.5 Å². The number of aryl methyl sites for hydroxylation is 1. The number of benzene rings is 1. The maximum Gasteiger partial charge on any atom is 0.311 e. The summed E-state index contributed by atoms with van der Waals surface area (Å²) >= 11 is 5.81. The number of halogens is 1. The molecule has 0 aliphatic heterocycles. The molecule has 0 spiro atoms. The zero-order valence-electron chi connectivity index (χ0n) is 14.1. The number of nitrogens with zero attached hydrogens (tertiary/aromatic N) is 1. The Morgan fingerprint density at radius 1 is 1.28 bits per heavy atom. The van der Waals surface area contributed by atoms with Crippen LogP contribution in [0.3, 0.4) is 0 Å². The number of ether oxygens (including phenoxy) is 1. The van der Waals surface area contributed by atoms with E-state index in [0.717, 1.165) is 0 Å². The first kappa shape index (κ1) is 18.9. The van der Waals surface area contributed by atoms with E-state index in [-0.39, 0.29) is 18.1 Å². The van der Waals surface area contributed by atoms with E-state index in [0.29, 0.717) is 41.5 Å². The number of furan rings is 1. The van der Waals surface area contributed by atoms with Crippen molar-refractivity contribution in [1.29, 1.82) is 0 Å². The molecule has 0 fully saturated rings. The van der Waals surface area contributed by atoms with Crippen LogP contribution in [0.5, 0.6) is 5.75 Å². The summed E-state index contributed by atoms with van der Waals surface area (Å²) in [6.45, 7) is 2.65. The van der Waals surface area contributed by atoms with Crippen LogP contribution in [0.15, 0.2) is 34.9 Å². The van der Waals surface area contributed by atoms with Crippen LogP contribution in [0.25, 0.3) is 0 Å². The number of carbonyl (C=O) groups excluding carboxylic acids is 1. The van der Waals surface area contributed by atoms with Gasteiger partial charge in [-0.15, -0.1) is 0 Å². The highest BCUT2D eigenvalue weighted by Gasteiger charge is 2.23. The van der Waals surface area contributed by atoms with Gasteiger partial charge in [0.05, 0.1) is 18.4 Å². The van der Waals surface area contributed by atoms with Gasteiger partial charge in [-0.05, 0) is 37.6 Å². The Kier molecular flexibility index (Phi) is 6.47. The molecular formula is C18H20ClNO5. The molecule has 2 aromatic rings. The number of carbonyl (C=O) groups is 2. The highest BCUT2D eigenvalue weighted by molar-refractivity contribution is 6.30. The van der Waals surface area contributed by atoms with Crippen molar-refractivity contribution in [3.05, 3.63) is 52.4 Å². The Balaban J connectivity index is 1.87. The van der Waals surface area contributed by atoms with E-state index in [4.69, 9.17) is 25.9 Å². The molecule has 2 rings (SSSR count). The molecule has 1 aromatic carbocycles. The Hall–Kier alpha value is -2.47. The van der Waals surface area contributed by atoms with E-state index in [1.807, 2.05) is 0 Å². The molecule has 0 saturated carbocycles. The monoisotopic (exact) mass is 365 g/mol. The van der Waals surface area contributed by atoms with Gasteiger partial charge in [0.2, 0.25) is 0 Å². The van der Waals surface area contributed by atoms with Gasteiger partial charge in [0.1, 0.15) is 17.9 Å². The van der Waals surface area contributed by atoms with Crippen LogP contribution >= 0.6 is 11.6 Å². The first-order chi connectivity index (χ1) is 11.9. The fourth-order valence-electron chi connectivity index (χ4n) is 2.37. The van der Waals surface area contributed by atoms with Gasteiger partial charge in [-0.2, -0.15) is 0 Å². The lowest BCUT2D eigenvalue weighted by Crippen LogP contribution is -2.29. The van der Waals surface area contributed by atoms with Gasteiger partial charge in [0, 0.05) is 24.2 Å². The second-order valence-electron chi connectivity index (χ2n) is 5.67. The van der Waals surface area contributed by atoms with Gasteiger partial charge in [-0.1, -0.05) is 11.6 Å². The minimum absolute atomic E-state index is 0.180. The van der Waals surface area contributed by atoms with Crippen molar-refractivity contribution in [1.82, 2.24) is 4.90 Å². The average Bonchev–Trinajstić information content (AvgIpc) is 2.92. The molecule has 0 atom stereocenters. The van der Waals surface area contributed by atoms with Gasteiger partial charge >= 0.3 is 5.97 Å². The van der Waals surface area contributed by atoms with Crippen molar-refractivity contribution in [2.24, 2.45) is 0 Å². The predicted molar refractivity (Wildman–Crippen MR) is 93.3 cm³/mol. The fraction of sp³-hybridized carbons (Fsp3) is 0.333. The summed E-state index contributed by atoms with van der Waals surface area (Å²) in [6, 6.07) is 7.06. The van der Waals surface area contributed by atoms with E-state index in [1.165, 1.54) is 11.2 Å². The van der Waals surface area contributed by atoms with E-state index < -0.39 is 5.97 Å². The number of carboxylic acid groups (broad SMARTS) is 1. The minimum atomic E-state index is -1.04. The van der Waals surface area contributed by atoms with Crippen LogP contribution < -0.4 is 4.74 Å². The van der Waals surface area contributed by atoms with Crippen LogP contribution in [-0.2, 0) is 11.2 Å². The topological polar surface area (TPSA) is 80.0 Å². The van der Waals surface area contributed by atoms with Crippen LogP contribution in [0.2, 0.25) is 5.02 Å². The second kappa shape index (κ2) is 8.58. The fourth-order valence-corrected chi connectivity index (χ4v) is 2.49. The van der Waals surface area contributed by atoms with Crippen LogP contribution in [-0.4, -0.2) is 42.1 Å². The van der Waals surface area contributed by atoms with Crippen LogP contribution in [0.1, 0.15) is 28.1 Å². The summed E-state index contributed by atoms with van der Waals surface area (Å²) in [7, 11) is 1.67. The number of aliphatic carboxylic acids is 1. The Bertz CT molecular complexity index is 738. The van der Waals surface area contributed by atoms with E-state index >= 15 is 0 Å². The average molecular weight is 366 g/mol. The standard InChI is InChI=1S/C18H20ClNO5/c1-12-11-25-15(10-16(21)22)17(12)18(23)20(2)8-3-9-24-14-6-4-13(19)5-7-14/h4-7,11H,3,8-10H2,1-2H3,(H,21,22). The lowest BCUT2D eigenvalue weighted by atomic mass is 10.1. The molecule has 1 aromatic heterocycles. The van der Waals surface area contributed by atoms with Gasteiger partial charge in [-0.25, -0.2) is 0 Å². The summed E-state index contributed by atoms with van der Waals surface area (Å²) in [5, 5.41) is 9.55. The summed E-state index contributed by atoms with van der Waals surface area (Å²) in [4.78, 5) is 25.0. The maximum absolute atomic E-state index is 12.5. The molecule has 1 N–H and O–H groups in total. The molecule has 1 heterocycles. The molecule has 6 nitrogen and oxygen atoms in total. The van der Waals surface area contributed by atoms with Crippen LogP contribution in [0.4, 0.5) is 0 Å². The Morgan fingerprint density at radius 3 is 2.60 bits per heavy atom. The third-order valence-electron chi connectivity index (χ3n) is 3.64. The van der Waals surface area contributed by atoms with Gasteiger partial charge < -0.3 is 19.2 Å². The lowest BCUT2D eigenvalue weighted by Gasteiger charge is -2.17. The predicted octanol–water partition coefficient (Wildman–Crippen LogP) is 3.41. The van der Waals surface area contributed by atoms with E-state index in [9.17, 15) is 9.59 Å². The van der Waals surface area contributed by atoms with Gasteiger partial charge in [-0.3, -0.25) is 9.59 Å².